The highest BCUT2D eigenvalue weighted by molar-refractivity contribution is 7.37. The average molecular weight is 228 g/mol. The summed E-state index contributed by atoms with van der Waals surface area (Å²) in [6.07, 6.45) is 0. The molecule has 0 unspecified atom stereocenters. The molecule has 0 amide bonds. The van der Waals surface area contributed by atoms with Crippen LogP contribution in [-0.2, 0) is 81.0 Å². The molecule has 0 spiro atoms. The summed E-state index contributed by atoms with van der Waals surface area (Å²) in [6.45, 7) is 0. The summed E-state index contributed by atoms with van der Waals surface area (Å²) < 4.78 is 0. The molecule has 0 aromatic rings. The van der Waals surface area contributed by atoms with Gasteiger partial charge in [-0.3, -0.25) is 0 Å². The molecule has 64 valence electrons. The van der Waals surface area contributed by atoms with Crippen molar-refractivity contribution in [2.24, 2.45) is 0 Å². The van der Waals surface area contributed by atoms with E-state index in [2.05, 4.69) is 0 Å². The van der Waals surface area contributed by atoms with Gasteiger partial charge in [-0.2, -0.15) is 0 Å². The van der Waals surface area contributed by atoms with E-state index in [1.807, 2.05) is 0 Å². The third kappa shape index (κ3) is 96.9. The Labute approximate surface area is 92.8 Å². The summed E-state index contributed by atoms with van der Waals surface area (Å²) in [5, 5.41) is 0. The zero-order valence-corrected chi connectivity index (χ0v) is 9.35. The lowest BCUT2D eigenvalue weighted by Crippen LogP contribution is -0.482. The van der Waals surface area contributed by atoms with Crippen molar-refractivity contribution in [1.29, 1.82) is 0 Å². The van der Waals surface area contributed by atoms with Crippen LogP contribution in [0.2, 0.25) is 0 Å². The largest absolute Gasteiger partial charge is 2.00 e. The maximum atomic E-state index is 0. The number of hydrogen-bond donors (Lipinski definition) is 2. The Hall–Kier alpha value is 2.02. The highest BCUT2D eigenvalue weighted by Gasteiger charge is -0.368. The van der Waals surface area contributed by atoms with Crippen LogP contribution in [0.15, 0.2) is 0 Å². The van der Waals surface area contributed by atoms with Crippen LogP contribution in [0.5, 0.6) is 0 Å². The van der Waals surface area contributed by atoms with E-state index in [9.17, 15) is 0 Å². The molecule has 0 aromatic carbocycles. The van der Waals surface area contributed by atoms with Crippen molar-refractivity contribution in [2.75, 3.05) is 0 Å². The average Bonchev–Trinajstić information content (AvgIpc) is 0. The molecule has 0 heterocycles. The summed E-state index contributed by atoms with van der Waals surface area (Å²) in [5.41, 5.74) is 0. The maximum absolute atomic E-state index is 0. The molecule has 0 saturated carbocycles. The summed E-state index contributed by atoms with van der Waals surface area (Å²) >= 11 is 0. The lowest BCUT2D eigenvalue weighted by molar-refractivity contribution is 2.13. The lowest BCUT2D eigenvalue weighted by Gasteiger charge is -2.00. The van der Waals surface area contributed by atoms with Gasteiger partial charge in [0.1, 0.15) is 0 Å². The van der Waals surface area contributed by atoms with Gasteiger partial charge in [0, 0.05) is 0 Å². The van der Waals surface area contributed by atoms with Gasteiger partial charge in [-0.05, 0) is 0 Å². The molecule has 8 heteroatoms. The zero-order valence-electron chi connectivity index (χ0n) is 4.45. The highest BCUT2D eigenvalue weighted by Crippen LogP contribution is 0.00262. The van der Waals surface area contributed by atoms with Crippen molar-refractivity contribution >= 4 is 81.0 Å². The van der Waals surface area contributed by atoms with Gasteiger partial charge < -0.3 is 93.3 Å². The minimum absolute atomic E-state index is 0. The van der Waals surface area contributed by atoms with E-state index in [1.165, 1.54) is 0 Å². The molecule has 0 saturated heterocycles. The van der Waals surface area contributed by atoms with Crippen LogP contribution in [0.25, 0.3) is 0 Å². The van der Waals surface area contributed by atoms with Gasteiger partial charge in [-0.25, -0.2) is 0 Å². The Morgan fingerprint density at radius 2 is 0.250 bits per heavy atom. The second-order valence-electron chi connectivity index (χ2n) is 0. The van der Waals surface area contributed by atoms with Gasteiger partial charge in [-0.15, -0.1) is 0 Å². The number of rotatable bonds is 0. The van der Waals surface area contributed by atoms with Gasteiger partial charge >= 0.3 is 0 Å². The predicted molar refractivity (Wildman–Crippen MR) is 56.2 cm³/mol. The van der Waals surface area contributed by atoms with Crippen LogP contribution in [0.3, 0.4) is 0 Å². The molecule has 0 bridgehead atoms. The van der Waals surface area contributed by atoms with Crippen LogP contribution in [0.1, 0.15) is 0 Å². The molecular weight excluding hydrogens is 220 g/mol. The first-order valence-electron chi connectivity index (χ1n) is 0. The van der Waals surface area contributed by atoms with Crippen LogP contribution in [0.4, 0.5) is 0 Å². The normalized spacial score (nSPS) is 0. The van der Waals surface area contributed by atoms with Gasteiger partial charge in [0.25, 0.3) is 0 Å². The van der Waals surface area contributed by atoms with E-state index in [-0.39, 0.29) is 93.3 Å². The van der Waals surface area contributed by atoms with E-state index >= 15 is 0 Å². The smallest absolute Gasteiger partial charge is 0.369 e. The Kier molecular flexibility index (Phi) is 3550. The van der Waals surface area contributed by atoms with Crippen molar-refractivity contribution in [3.05, 3.63) is 0 Å². The second-order valence-corrected chi connectivity index (χ2v) is 0. The first-order chi connectivity index (χ1) is 0. The Morgan fingerprint density at radius 3 is 0.250 bits per heavy atom. The fourth-order valence-electron chi connectivity index (χ4n) is 0. The first kappa shape index (κ1) is 200. The van der Waals surface area contributed by atoms with E-state index in [4.69, 9.17) is 0 Å². The Balaban J connectivity index is 0. The van der Waals surface area contributed by atoms with Gasteiger partial charge in [0.05, 0.1) is 0 Å². The number of quaternary nitrogens is 2. The van der Waals surface area contributed by atoms with Gasteiger partial charge in [0.15, 0.2) is 0 Å². The fraction of sp³-hybridized carbons (Fsp3) is 0. The van der Waals surface area contributed by atoms with E-state index in [1.54, 1.807) is 0 Å². The molecule has 0 aliphatic heterocycles. The maximum Gasteiger partial charge on any atom is -0.369 e. The molecule has 0 aliphatic carbocycles. The minimum atomic E-state index is 0. The molecule has 0 fully saturated rings. The van der Waals surface area contributed by atoms with Crippen molar-refractivity contribution < 1.29 is 0 Å². The van der Waals surface area contributed by atoms with Crippen molar-refractivity contribution in [3.63, 3.8) is 0 Å². The SMILES string of the molecule is [NH4+].[NH4+].[S-2].[S-2].[S-2].[S-2].[S-2].[S-2]. The van der Waals surface area contributed by atoms with Gasteiger partial charge in [-0.1, -0.05) is 0 Å². The van der Waals surface area contributed by atoms with E-state index in [0.29, 0.717) is 0 Å². The molecule has 8 N–H and O–H groups in total. The monoisotopic (exact) mass is 228 g/mol. The molecule has 0 radical (unpaired) electrons. The van der Waals surface area contributed by atoms with Gasteiger partial charge in [0.2, 0.25) is 0 Å². The molecule has 0 aromatic heterocycles. The topological polar surface area (TPSA) is 73.0 Å². The highest BCUT2D eigenvalue weighted by atomic mass is 32.1. The molecule has 0 aliphatic rings. The minimum Gasteiger partial charge on any atom is -2.00 e. The van der Waals surface area contributed by atoms with Crippen LogP contribution < -0.4 is 12.3 Å². The van der Waals surface area contributed by atoms with Crippen LogP contribution >= 0.6 is 0 Å². The summed E-state index contributed by atoms with van der Waals surface area (Å²) in [7, 11) is 0. The first-order valence-corrected chi connectivity index (χ1v) is 0. The Bertz CT molecular complexity index is 6.49. The molecule has 8 heavy (non-hydrogen) atoms. The molecule has 0 rings (SSSR count). The summed E-state index contributed by atoms with van der Waals surface area (Å²) in [6, 6.07) is 0. The lowest BCUT2D eigenvalue weighted by atomic mass is 14.0. The number of hydrogen-bond acceptors (Lipinski definition) is 0. The van der Waals surface area contributed by atoms with E-state index < -0.39 is 0 Å². The molecule has 0 atom stereocenters. The predicted octanol–water partition coefficient (Wildman–Crippen LogP) is 0.738. The second kappa shape index (κ2) is 142. The standard InChI is InChI=1S/2H3N.6S/h2*1H3;;;;;;/q;;6*-2/p+2. The van der Waals surface area contributed by atoms with E-state index in [0.717, 1.165) is 0 Å². The van der Waals surface area contributed by atoms with Crippen LogP contribution in [0, 0.1) is 0 Å². The third-order valence-corrected chi connectivity index (χ3v) is 0. The fourth-order valence-corrected chi connectivity index (χ4v) is 0. The zero-order chi connectivity index (χ0) is 0. The summed E-state index contributed by atoms with van der Waals surface area (Å²) in [5.74, 6) is 0. The molecular formula is H8N2S6-10. The quantitative estimate of drug-likeness (QED) is 0.614. The van der Waals surface area contributed by atoms with Crippen molar-refractivity contribution in [3.8, 4) is 0 Å². The van der Waals surface area contributed by atoms with Crippen LogP contribution in [-0.4, -0.2) is 0 Å². The van der Waals surface area contributed by atoms with Crippen molar-refractivity contribution in [2.45, 2.75) is 0 Å². The third-order valence-electron chi connectivity index (χ3n) is 0. The Morgan fingerprint density at radius 1 is 0.250 bits per heavy atom. The van der Waals surface area contributed by atoms with Crippen molar-refractivity contribution in [1.82, 2.24) is 12.3 Å². The molecule has 2 nitrogen and oxygen atoms in total. The summed E-state index contributed by atoms with van der Waals surface area (Å²) in [4.78, 5) is 0.